The highest BCUT2D eigenvalue weighted by atomic mass is 16.5. The molecule has 31 heavy (non-hydrogen) atoms. The fraction of sp³-hybridized carbons (Fsp3) is 0.238. The highest BCUT2D eigenvalue weighted by molar-refractivity contribution is 5.98. The molecule has 0 spiro atoms. The van der Waals surface area contributed by atoms with Crippen LogP contribution in [-0.2, 0) is 6.42 Å². The quantitative estimate of drug-likeness (QED) is 0.312. The summed E-state index contributed by atoms with van der Waals surface area (Å²) in [5.41, 5.74) is 14.5. The first kappa shape index (κ1) is 21.3. The molecule has 3 rings (SSSR count). The largest absolute Gasteiger partial charge is 0.493 e. The molecule has 10 heteroatoms. The molecule has 6 N–H and O–H groups in total. The van der Waals surface area contributed by atoms with Crippen LogP contribution in [0.5, 0.6) is 11.5 Å². The predicted molar refractivity (Wildman–Crippen MR) is 117 cm³/mol. The Morgan fingerprint density at radius 1 is 1.35 bits per heavy atom. The minimum Gasteiger partial charge on any atom is -0.493 e. The third kappa shape index (κ3) is 3.87. The Kier molecular flexibility index (Phi) is 6.13. The summed E-state index contributed by atoms with van der Waals surface area (Å²) in [6.07, 6.45) is 4.11. The van der Waals surface area contributed by atoms with E-state index in [9.17, 15) is 5.26 Å². The van der Waals surface area contributed by atoms with Gasteiger partial charge in [0.1, 0.15) is 29.3 Å². The molecule has 0 aliphatic carbocycles. The van der Waals surface area contributed by atoms with Crippen molar-refractivity contribution in [2.45, 2.75) is 19.4 Å². The molecule has 2 aromatic rings. The molecule has 0 radical (unpaired) electrons. The maximum absolute atomic E-state index is 9.48. The summed E-state index contributed by atoms with van der Waals surface area (Å²) in [4.78, 5) is 8.85. The van der Waals surface area contributed by atoms with E-state index in [1.54, 1.807) is 19.3 Å². The lowest BCUT2D eigenvalue weighted by atomic mass is 9.93. The van der Waals surface area contributed by atoms with Gasteiger partial charge in [0.15, 0.2) is 17.7 Å². The smallest absolute Gasteiger partial charge is 0.211 e. The molecule has 10 nitrogen and oxygen atoms in total. The van der Waals surface area contributed by atoms with Crippen molar-refractivity contribution >= 4 is 23.3 Å². The lowest BCUT2D eigenvalue weighted by Crippen LogP contribution is -2.32. The van der Waals surface area contributed by atoms with E-state index in [1.807, 2.05) is 25.3 Å². The number of nitrogens with two attached hydrogens (primary N) is 2. The number of anilines is 3. The molecule has 1 aliphatic heterocycles. The van der Waals surface area contributed by atoms with Gasteiger partial charge in [0.2, 0.25) is 5.96 Å². The van der Waals surface area contributed by atoms with Gasteiger partial charge in [-0.3, -0.25) is 5.32 Å². The number of nitrogens with one attached hydrogen (secondary N) is 2. The molecule has 0 amide bonds. The first-order valence-corrected chi connectivity index (χ1v) is 9.42. The zero-order valence-electron chi connectivity index (χ0n) is 17.2. The number of nitrogen functional groups attached to an aromatic ring is 2. The number of benzene rings is 1. The maximum Gasteiger partial charge on any atom is 0.211 e. The van der Waals surface area contributed by atoms with E-state index >= 15 is 0 Å². The Bertz CT molecular complexity index is 1140. The molecule has 0 saturated carbocycles. The molecule has 0 fully saturated rings. The summed E-state index contributed by atoms with van der Waals surface area (Å²) < 4.78 is 11.3. The van der Waals surface area contributed by atoms with Crippen LogP contribution in [0.15, 0.2) is 29.8 Å². The number of allylic oxidation sites excluding steroid dienone is 1. The van der Waals surface area contributed by atoms with Crippen molar-refractivity contribution in [1.29, 1.82) is 10.5 Å². The Morgan fingerprint density at radius 2 is 2.13 bits per heavy atom. The van der Waals surface area contributed by atoms with Gasteiger partial charge in [-0.05, 0) is 31.0 Å². The fourth-order valence-electron chi connectivity index (χ4n) is 3.47. The van der Waals surface area contributed by atoms with Crippen LogP contribution in [0.4, 0.5) is 17.3 Å². The zero-order chi connectivity index (χ0) is 22.5. The molecular formula is C21H22N8O2. The van der Waals surface area contributed by atoms with Gasteiger partial charge in [0.25, 0.3) is 0 Å². The lowest BCUT2D eigenvalue weighted by molar-refractivity contribution is 0.309. The number of pyridine rings is 1. The first-order chi connectivity index (χ1) is 15.0. The molecular weight excluding hydrogens is 396 g/mol. The van der Waals surface area contributed by atoms with E-state index < -0.39 is 6.04 Å². The average Bonchev–Trinajstić information content (AvgIpc) is 2.74. The van der Waals surface area contributed by atoms with Gasteiger partial charge >= 0.3 is 0 Å². The van der Waals surface area contributed by atoms with E-state index in [4.69, 9.17) is 26.2 Å². The van der Waals surface area contributed by atoms with Gasteiger partial charge in [-0.25, -0.2) is 9.98 Å². The highest BCUT2D eigenvalue weighted by Crippen LogP contribution is 2.43. The Labute approximate surface area is 179 Å². The molecule has 1 aromatic carbocycles. The fourth-order valence-corrected chi connectivity index (χ4v) is 3.47. The SMILES string of the molecule is C=CCc1cc(C2N=C(NC#N)Nc3nc(N)c(C#N)c(N)c32)cc(OCC)c1OC. The van der Waals surface area contributed by atoms with Crippen LogP contribution in [0.25, 0.3) is 0 Å². The van der Waals surface area contributed by atoms with E-state index in [-0.39, 0.29) is 23.0 Å². The summed E-state index contributed by atoms with van der Waals surface area (Å²) >= 11 is 0. The number of methoxy groups -OCH3 is 1. The van der Waals surface area contributed by atoms with Crippen molar-refractivity contribution in [3.63, 3.8) is 0 Å². The summed E-state index contributed by atoms with van der Waals surface area (Å²) in [6, 6.07) is 5.01. The Balaban J connectivity index is 2.30. The third-order valence-electron chi connectivity index (χ3n) is 4.70. The number of ether oxygens (including phenoxy) is 2. The molecule has 0 saturated heterocycles. The van der Waals surface area contributed by atoms with Crippen molar-refractivity contribution < 1.29 is 9.47 Å². The van der Waals surface area contributed by atoms with Gasteiger partial charge < -0.3 is 26.3 Å². The number of nitrogens with zero attached hydrogens (tertiary/aromatic N) is 4. The van der Waals surface area contributed by atoms with Gasteiger partial charge in [0, 0.05) is 11.1 Å². The van der Waals surface area contributed by atoms with E-state index in [2.05, 4.69) is 27.2 Å². The summed E-state index contributed by atoms with van der Waals surface area (Å²) in [6.45, 7) is 6.11. The van der Waals surface area contributed by atoms with Crippen LogP contribution in [0, 0.1) is 22.8 Å². The van der Waals surface area contributed by atoms with Crippen molar-refractivity contribution in [3.8, 4) is 23.8 Å². The molecule has 1 aromatic heterocycles. The molecule has 1 aliphatic rings. The van der Waals surface area contributed by atoms with Crippen molar-refractivity contribution in [3.05, 3.63) is 47.0 Å². The number of aromatic nitrogens is 1. The van der Waals surface area contributed by atoms with Crippen LogP contribution in [0.1, 0.15) is 35.2 Å². The van der Waals surface area contributed by atoms with Crippen LogP contribution >= 0.6 is 0 Å². The van der Waals surface area contributed by atoms with Gasteiger partial charge in [-0.1, -0.05) is 6.08 Å². The summed E-state index contributed by atoms with van der Waals surface area (Å²) in [5, 5.41) is 23.9. The van der Waals surface area contributed by atoms with Crippen LogP contribution in [-0.4, -0.2) is 24.7 Å². The summed E-state index contributed by atoms with van der Waals surface area (Å²) in [7, 11) is 1.57. The van der Waals surface area contributed by atoms with Crippen LogP contribution in [0.3, 0.4) is 0 Å². The van der Waals surface area contributed by atoms with E-state index in [1.165, 1.54) is 0 Å². The van der Waals surface area contributed by atoms with Crippen molar-refractivity contribution in [2.24, 2.45) is 4.99 Å². The highest BCUT2D eigenvalue weighted by Gasteiger charge is 2.31. The van der Waals surface area contributed by atoms with Gasteiger partial charge in [0.05, 0.1) is 19.4 Å². The molecule has 2 heterocycles. The second-order valence-corrected chi connectivity index (χ2v) is 6.54. The monoisotopic (exact) mass is 418 g/mol. The third-order valence-corrected chi connectivity index (χ3v) is 4.70. The predicted octanol–water partition coefficient (Wildman–Crippen LogP) is 2.20. The molecule has 158 valence electrons. The average molecular weight is 418 g/mol. The van der Waals surface area contributed by atoms with Crippen LogP contribution < -0.4 is 31.6 Å². The second-order valence-electron chi connectivity index (χ2n) is 6.54. The topological polar surface area (TPSA) is 167 Å². The number of hydrogen-bond acceptors (Lipinski definition) is 10. The number of aliphatic imine (C=N–C) groups is 1. The normalized spacial score (nSPS) is 14.2. The molecule has 1 atom stereocenters. The first-order valence-electron chi connectivity index (χ1n) is 9.42. The van der Waals surface area contributed by atoms with Crippen LogP contribution in [0.2, 0.25) is 0 Å². The number of rotatable bonds is 6. The Hall–Kier alpha value is -4.44. The number of nitriles is 2. The van der Waals surface area contributed by atoms with Crippen molar-refractivity contribution in [1.82, 2.24) is 10.3 Å². The molecule has 1 unspecified atom stereocenters. The lowest BCUT2D eigenvalue weighted by Gasteiger charge is -2.27. The van der Waals surface area contributed by atoms with Crippen molar-refractivity contribution in [2.75, 3.05) is 30.5 Å². The van der Waals surface area contributed by atoms with Gasteiger partial charge in [-0.15, -0.1) is 6.58 Å². The summed E-state index contributed by atoms with van der Waals surface area (Å²) in [5.74, 6) is 1.60. The molecule has 0 bridgehead atoms. The maximum atomic E-state index is 9.48. The zero-order valence-corrected chi connectivity index (χ0v) is 17.2. The second kappa shape index (κ2) is 8.93. The number of guanidine groups is 1. The van der Waals surface area contributed by atoms with E-state index in [0.717, 1.165) is 5.56 Å². The van der Waals surface area contributed by atoms with E-state index in [0.29, 0.717) is 41.5 Å². The number of hydrogen-bond donors (Lipinski definition) is 4. The minimum absolute atomic E-state index is 0.0136. The minimum atomic E-state index is -0.680. The van der Waals surface area contributed by atoms with Gasteiger partial charge in [-0.2, -0.15) is 10.5 Å². The standard InChI is InChI=1S/C21H22N8O2/c1-4-6-11-7-12(8-14(31-5-2)18(11)30-3)17-15-16(24)13(9-22)19(25)28-20(15)29-21(27-17)26-10-23/h4,7-8,17H,1,5-6H2,2-3H3,(H6,24,25,26,27,28,29). The number of fused-ring (bicyclic) bond motifs is 1. The Morgan fingerprint density at radius 3 is 2.74 bits per heavy atom.